The summed E-state index contributed by atoms with van der Waals surface area (Å²) >= 11 is 24.1. The molecule has 8 heteroatoms. The zero-order valence-electron chi connectivity index (χ0n) is 12.1. The molecule has 1 aromatic carbocycles. The van der Waals surface area contributed by atoms with E-state index in [-0.39, 0.29) is 37.1 Å². The van der Waals surface area contributed by atoms with Crippen LogP contribution in [0.1, 0.15) is 27.6 Å². The van der Waals surface area contributed by atoms with Crippen LogP contribution >= 0.6 is 46.4 Å². The fourth-order valence-electron chi connectivity index (χ4n) is 2.05. The van der Waals surface area contributed by atoms with Crippen LogP contribution in [0.3, 0.4) is 0 Å². The molecule has 0 saturated heterocycles. The molecule has 1 aromatic rings. The van der Waals surface area contributed by atoms with Crippen LogP contribution in [-0.4, -0.2) is 29.6 Å². The van der Waals surface area contributed by atoms with Crippen molar-refractivity contribution >= 4 is 64.1 Å². The SMILES string of the molecule is C=CC(C)=CC(=NC)N1C(=O)c2c(Cl)c(Cl)c(Cl)c(Cl)c2C1=O. The second kappa shape index (κ2) is 6.65. The molecule has 0 aliphatic carbocycles. The van der Waals surface area contributed by atoms with Crippen molar-refractivity contribution in [1.29, 1.82) is 0 Å². The molecule has 0 atom stereocenters. The van der Waals surface area contributed by atoms with E-state index in [2.05, 4.69) is 11.6 Å². The molecule has 2 rings (SSSR count). The van der Waals surface area contributed by atoms with Gasteiger partial charge in [-0.3, -0.25) is 14.6 Å². The molecular formula is C15H10Cl4N2O2. The van der Waals surface area contributed by atoms with Gasteiger partial charge in [0.2, 0.25) is 0 Å². The zero-order valence-corrected chi connectivity index (χ0v) is 15.1. The molecule has 1 aliphatic heterocycles. The summed E-state index contributed by atoms with van der Waals surface area (Å²) < 4.78 is 0. The van der Waals surface area contributed by atoms with Gasteiger partial charge in [-0.2, -0.15) is 0 Å². The van der Waals surface area contributed by atoms with E-state index in [1.165, 1.54) is 7.05 Å². The second-order valence-corrected chi connectivity index (χ2v) is 6.14. The molecule has 0 radical (unpaired) electrons. The van der Waals surface area contributed by atoms with Gasteiger partial charge in [-0.1, -0.05) is 59.1 Å². The van der Waals surface area contributed by atoms with Crippen molar-refractivity contribution in [2.24, 2.45) is 4.99 Å². The van der Waals surface area contributed by atoms with Crippen molar-refractivity contribution < 1.29 is 9.59 Å². The van der Waals surface area contributed by atoms with Crippen molar-refractivity contribution in [2.45, 2.75) is 6.92 Å². The van der Waals surface area contributed by atoms with E-state index in [0.29, 0.717) is 0 Å². The monoisotopic (exact) mass is 390 g/mol. The Morgan fingerprint density at radius 2 is 1.43 bits per heavy atom. The van der Waals surface area contributed by atoms with E-state index in [0.717, 1.165) is 10.5 Å². The van der Waals surface area contributed by atoms with Crippen molar-refractivity contribution in [3.05, 3.63) is 55.5 Å². The minimum absolute atomic E-state index is 0.0760. The lowest BCUT2D eigenvalue weighted by Crippen LogP contribution is -2.35. The van der Waals surface area contributed by atoms with E-state index in [4.69, 9.17) is 46.4 Å². The number of imide groups is 1. The predicted molar refractivity (Wildman–Crippen MR) is 94.3 cm³/mol. The van der Waals surface area contributed by atoms with Crippen LogP contribution in [0, 0.1) is 0 Å². The fourth-order valence-corrected chi connectivity index (χ4v) is 3.06. The smallest absolute Gasteiger partial charge is 0.268 e. The van der Waals surface area contributed by atoms with Crippen LogP contribution in [0.25, 0.3) is 0 Å². The van der Waals surface area contributed by atoms with Crippen molar-refractivity contribution in [3.8, 4) is 0 Å². The first-order valence-electron chi connectivity index (χ1n) is 6.28. The zero-order chi connectivity index (χ0) is 17.5. The summed E-state index contributed by atoms with van der Waals surface area (Å²) in [5.41, 5.74) is 0.555. The first-order valence-corrected chi connectivity index (χ1v) is 7.79. The van der Waals surface area contributed by atoms with E-state index >= 15 is 0 Å². The van der Waals surface area contributed by atoms with E-state index in [9.17, 15) is 9.59 Å². The van der Waals surface area contributed by atoms with Crippen LogP contribution in [-0.2, 0) is 0 Å². The quantitative estimate of drug-likeness (QED) is 0.177. The van der Waals surface area contributed by atoms with Crippen LogP contribution in [0.15, 0.2) is 29.3 Å². The van der Waals surface area contributed by atoms with Gasteiger partial charge in [0.05, 0.1) is 31.2 Å². The van der Waals surface area contributed by atoms with Gasteiger partial charge in [-0.15, -0.1) is 0 Å². The summed E-state index contributed by atoms with van der Waals surface area (Å²) in [6, 6.07) is 0. The summed E-state index contributed by atoms with van der Waals surface area (Å²) in [4.78, 5) is 30.1. The molecule has 120 valence electrons. The van der Waals surface area contributed by atoms with Crippen LogP contribution < -0.4 is 0 Å². The minimum atomic E-state index is -0.663. The Labute approximate surface area is 153 Å². The third-order valence-corrected chi connectivity index (χ3v) is 5.04. The third kappa shape index (κ3) is 2.81. The van der Waals surface area contributed by atoms with Gasteiger partial charge < -0.3 is 0 Å². The number of nitrogens with zero attached hydrogens (tertiary/aromatic N) is 2. The molecule has 0 unspecified atom stereocenters. The van der Waals surface area contributed by atoms with Gasteiger partial charge in [0.25, 0.3) is 11.8 Å². The molecule has 1 heterocycles. The third-order valence-electron chi connectivity index (χ3n) is 3.24. The largest absolute Gasteiger partial charge is 0.271 e. The Kier molecular flexibility index (Phi) is 5.21. The number of amides is 2. The normalized spacial score (nSPS) is 15.3. The maximum Gasteiger partial charge on any atom is 0.268 e. The molecule has 4 nitrogen and oxygen atoms in total. The topological polar surface area (TPSA) is 49.7 Å². The van der Waals surface area contributed by atoms with Gasteiger partial charge in [-0.25, -0.2) is 4.90 Å². The Hall–Kier alpha value is -1.33. The lowest BCUT2D eigenvalue weighted by Gasteiger charge is -2.13. The maximum atomic E-state index is 12.6. The molecule has 1 aliphatic rings. The van der Waals surface area contributed by atoms with Gasteiger partial charge in [-0.05, 0) is 18.6 Å². The Balaban J connectivity index is 2.70. The number of halogens is 4. The lowest BCUT2D eigenvalue weighted by molar-refractivity contribution is 0.0750. The molecular weight excluding hydrogens is 382 g/mol. The average molecular weight is 392 g/mol. The number of fused-ring (bicyclic) bond motifs is 1. The minimum Gasteiger partial charge on any atom is -0.271 e. The van der Waals surface area contributed by atoms with Gasteiger partial charge in [0.1, 0.15) is 5.84 Å². The molecule has 0 N–H and O–H groups in total. The number of amidine groups is 1. The number of rotatable bonds is 2. The highest BCUT2D eigenvalue weighted by Crippen LogP contribution is 2.44. The lowest BCUT2D eigenvalue weighted by atomic mass is 10.1. The standard InChI is InChI=1S/C15H10Cl4N2O2/c1-4-6(2)5-7(20-3)21-14(22)8-9(15(21)23)11(17)13(19)12(18)10(8)16/h4-5H,1H2,2-3H3. The average Bonchev–Trinajstić information content (AvgIpc) is 2.79. The number of hydrogen-bond donors (Lipinski definition) is 0. The van der Waals surface area contributed by atoms with Gasteiger partial charge in [0, 0.05) is 7.05 Å². The highest BCUT2D eigenvalue weighted by atomic mass is 35.5. The fraction of sp³-hybridized carbons (Fsp3) is 0.133. The number of allylic oxidation sites excluding steroid dienone is 2. The number of hydrogen-bond acceptors (Lipinski definition) is 3. The van der Waals surface area contributed by atoms with Crippen LogP contribution in [0.4, 0.5) is 0 Å². The first-order chi connectivity index (χ1) is 10.8. The van der Waals surface area contributed by atoms with Crippen molar-refractivity contribution in [1.82, 2.24) is 4.90 Å². The summed E-state index contributed by atoms with van der Waals surface area (Å²) in [5.74, 6) is -1.19. The highest BCUT2D eigenvalue weighted by Gasteiger charge is 2.43. The van der Waals surface area contributed by atoms with E-state index in [1.54, 1.807) is 19.1 Å². The van der Waals surface area contributed by atoms with Crippen molar-refractivity contribution in [3.63, 3.8) is 0 Å². The molecule has 0 saturated carbocycles. The molecule has 0 spiro atoms. The summed E-state index contributed by atoms with van der Waals surface area (Å²) in [5, 5.41) is -0.380. The van der Waals surface area contributed by atoms with E-state index in [1.807, 2.05) is 0 Å². The number of aliphatic imine (C=N–C) groups is 1. The molecule has 0 aromatic heterocycles. The first kappa shape index (κ1) is 18.0. The highest BCUT2D eigenvalue weighted by molar-refractivity contribution is 6.55. The van der Waals surface area contributed by atoms with Gasteiger partial charge >= 0.3 is 0 Å². The Morgan fingerprint density at radius 1 is 1.00 bits per heavy atom. The maximum absolute atomic E-state index is 12.6. The second-order valence-electron chi connectivity index (χ2n) is 4.63. The van der Waals surface area contributed by atoms with Crippen molar-refractivity contribution in [2.75, 3.05) is 7.05 Å². The molecule has 2 amide bonds. The summed E-state index contributed by atoms with van der Waals surface area (Å²) in [6.45, 7) is 5.37. The van der Waals surface area contributed by atoms with Gasteiger partial charge in [0.15, 0.2) is 0 Å². The molecule has 0 fully saturated rings. The number of carbonyl (C=O) groups excluding carboxylic acids is 2. The van der Waals surface area contributed by atoms with Crippen LogP contribution in [0.2, 0.25) is 20.1 Å². The summed E-state index contributed by atoms with van der Waals surface area (Å²) in [6.07, 6.45) is 3.11. The van der Waals surface area contributed by atoms with E-state index < -0.39 is 11.8 Å². The Morgan fingerprint density at radius 3 is 1.78 bits per heavy atom. The molecule has 0 bridgehead atoms. The summed E-state index contributed by atoms with van der Waals surface area (Å²) in [7, 11) is 1.45. The van der Waals surface area contributed by atoms with Crippen LogP contribution in [0.5, 0.6) is 0 Å². The number of benzene rings is 1. The molecule has 23 heavy (non-hydrogen) atoms. The Bertz CT molecular complexity index is 765. The predicted octanol–water partition coefficient (Wildman–Crippen LogP) is 5.06. The number of carbonyl (C=O) groups is 2.